The molecule has 7 heteroatoms. The first-order valence-electron chi connectivity index (χ1n) is 6.41. The molecule has 0 atom stereocenters. The molecule has 5 nitrogen and oxygen atoms in total. The van der Waals surface area contributed by atoms with Gasteiger partial charge in [-0.25, -0.2) is 4.79 Å². The minimum Gasteiger partial charge on any atom is -0.460 e. The van der Waals surface area contributed by atoms with Crippen LogP contribution in [0.15, 0.2) is 18.2 Å². The summed E-state index contributed by atoms with van der Waals surface area (Å²) in [4.78, 5) is 11.8. The highest BCUT2D eigenvalue weighted by Gasteiger charge is 2.08. The fourth-order valence-electron chi connectivity index (χ4n) is 1.41. The Morgan fingerprint density at radius 1 is 0.905 bits per heavy atom. The maximum absolute atomic E-state index is 11.8. The van der Waals surface area contributed by atoms with Crippen molar-refractivity contribution in [3.05, 3.63) is 30.9 Å². The molecule has 0 saturated heterocycles. The van der Waals surface area contributed by atoms with E-state index in [9.17, 15) is 4.79 Å². The molecular formula is C14H18I2O5. The van der Waals surface area contributed by atoms with Gasteiger partial charge in [-0.1, -0.05) is 0 Å². The monoisotopic (exact) mass is 520 g/mol. The predicted molar refractivity (Wildman–Crippen MR) is 95.7 cm³/mol. The number of ether oxygens (including phenoxy) is 4. The number of methoxy groups -OCH3 is 1. The van der Waals surface area contributed by atoms with Gasteiger partial charge in [0.1, 0.15) is 6.61 Å². The molecule has 0 spiro atoms. The molecule has 0 bridgehead atoms. The van der Waals surface area contributed by atoms with E-state index >= 15 is 0 Å². The SMILES string of the molecule is COCCOCCOCCOC(=O)c1cc(I)cc(I)c1. The van der Waals surface area contributed by atoms with Gasteiger partial charge < -0.3 is 18.9 Å². The van der Waals surface area contributed by atoms with Crippen LogP contribution >= 0.6 is 45.2 Å². The van der Waals surface area contributed by atoms with Crippen LogP contribution in [-0.2, 0) is 18.9 Å². The summed E-state index contributed by atoms with van der Waals surface area (Å²) in [7, 11) is 1.63. The van der Waals surface area contributed by atoms with Crippen LogP contribution in [0.3, 0.4) is 0 Å². The lowest BCUT2D eigenvalue weighted by molar-refractivity contribution is 0.00570. The highest BCUT2D eigenvalue weighted by molar-refractivity contribution is 14.1. The van der Waals surface area contributed by atoms with Crippen LogP contribution in [0.5, 0.6) is 0 Å². The summed E-state index contributed by atoms with van der Waals surface area (Å²) in [5, 5.41) is 0. The topological polar surface area (TPSA) is 54.0 Å². The molecule has 0 unspecified atom stereocenters. The number of hydrogen-bond acceptors (Lipinski definition) is 5. The zero-order valence-electron chi connectivity index (χ0n) is 11.8. The highest BCUT2D eigenvalue weighted by Crippen LogP contribution is 2.15. The quantitative estimate of drug-likeness (QED) is 0.270. The second kappa shape index (κ2) is 11.6. The Bertz CT molecular complexity index is 419. The molecule has 21 heavy (non-hydrogen) atoms. The van der Waals surface area contributed by atoms with E-state index in [1.165, 1.54) is 0 Å². The number of carbonyl (C=O) groups excluding carboxylic acids is 1. The lowest BCUT2D eigenvalue weighted by atomic mass is 10.2. The molecule has 0 amide bonds. The van der Waals surface area contributed by atoms with E-state index < -0.39 is 0 Å². The van der Waals surface area contributed by atoms with Crippen LogP contribution < -0.4 is 0 Å². The van der Waals surface area contributed by atoms with E-state index in [1.807, 2.05) is 6.07 Å². The summed E-state index contributed by atoms with van der Waals surface area (Å²) in [5.74, 6) is -0.327. The molecule has 0 radical (unpaired) electrons. The van der Waals surface area contributed by atoms with Crippen LogP contribution in [0.1, 0.15) is 10.4 Å². The number of benzene rings is 1. The van der Waals surface area contributed by atoms with E-state index in [1.54, 1.807) is 19.2 Å². The van der Waals surface area contributed by atoms with Gasteiger partial charge in [0, 0.05) is 14.3 Å². The molecule has 0 fully saturated rings. The van der Waals surface area contributed by atoms with Gasteiger partial charge in [-0.2, -0.15) is 0 Å². The van der Waals surface area contributed by atoms with Gasteiger partial charge >= 0.3 is 5.97 Å². The fraction of sp³-hybridized carbons (Fsp3) is 0.500. The van der Waals surface area contributed by atoms with Crippen molar-refractivity contribution in [2.75, 3.05) is 46.8 Å². The van der Waals surface area contributed by atoms with Crippen molar-refractivity contribution < 1.29 is 23.7 Å². The summed E-state index contributed by atoms with van der Waals surface area (Å²) < 4.78 is 22.6. The zero-order chi connectivity index (χ0) is 15.5. The first-order valence-corrected chi connectivity index (χ1v) is 8.57. The third kappa shape index (κ3) is 8.91. The Hall–Kier alpha value is 0.0300. The molecule has 0 N–H and O–H groups in total. The van der Waals surface area contributed by atoms with Crippen molar-refractivity contribution >= 4 is 51.2 Å². The number of halogens is 2. The third-order valence-electron chi connectivity index (χ3n) is 2.36. The van der Waals surface area contributed by atoms with Gasteiger partial charge in [-0.05, 0) is 63.4 Å². The standard InChI is InChI=1S/C14H18I2O5/c1-18-2-3-19-4-5-20-6-7-21-14(17)11-8-12(15)10-13(16)9-11/h8-10H,2-7H2,1H3. The van der Waals surface area contributed by atoms with Crippen molar-refractivity contribution in [1.82, 2.24) is 0 Å². The summed E-state index contributed by atoms with van der Waals surface area (Å²) in [6, 6.07) is 5.59. The summed E-state index contributed by atoms with van der Waals surface area (Å²) in [6.45, 7) is 2.71. The lowest BCUT2D eigenvalue weighted by Gasteiger charge is -2.07. The van der Waals surface area contributed by atoms with Crippen LogP contribution in [0.25, 0.3) is 0 Å². The van der Waals surface area contributed by atoms with Crippen molar-refractivity contribution in [2.45, 2.75) is 0 Å². The molecule has 1 aromatic rings. The summed E-state index contributed by atoms with van der Waals surface area (Å²) >= 11 is 4.35. The van der Waals surface area contributed by atoms with Gasteiger partial charge in [0.25, 0.3) is 0 Å². The van der Waals surface area contributed by atoms with E-state index in [0.717, 1.165) is 7.14 Å². The Kier molecular flexibility index (Phi) is 10.5. The minimum atomic E-state index is -0.327. The molecule has 1 aromatic carbocycles. The van der Waals surface area contributed by atoms with Crippen molar-refractivity contribution in [3.63, 3.8) is 0 Å². The van der Waals surface area contributed by atoms with Gasteiger partial charge in [0.15, 0.2) is 0 Å². The Labute approximate surface area is 151 Å². The largest absolute Gasteiger partial charge is 0.460 e. The van der Waals surface area contributed by atoms with Crippen molar-refractivity contribution in [2.24, 2.45) is 0 Å². The lowest BCUT2D eigenvalue weighted by Crippen LogP contribution is -2.14. The number of rotatable bonds is 10. The molecule has 0 saturated carbocycles. The fourth-order valence-corrected chi connectivity index (χ4v) is 3.35. The van der Waals surface area contributed by atoms with Gasteiger partial charge in [-0.15, -0.1) is 0 Å². The van der Waals surface area contributed by atoms with Gasteiger partial charge in [-0.3, -0.25) is 0 Å². The van der Waals surface area contributed by atoms with Crippen LogP contribution in [0.4, 0.5) is 0 Å². The Morgan fingerprint density at radius 3 is 2.00 bits per heavy atom. The maximum atomic E-state index is 11.8. The summed E-state index contributed by atoms with van der Waals surface area (Å²) in [5.41, 5.74) is 0.564. The molecular weight excluding hydrogens is 502 g/mol. The van der Waals surface area contributed by atoms with Crippen LogP contribution in [-0.4, -0.2) is 52.7 Å². The molecule has 0 heterocycles. The smallest absolute Gasteiger partial charge is 0.338 e. The molecule has 118 valence electrons. The Balaban J connectivity index is 2.11. The normalized spacial score (nSPS) is 10.6. The number of hydrogen-bond donors (Lipinski definition) is 0. The van der Waals surface area contributed by atoms with Crippen LogP contribution in [0, 0.1) is 7.14 Å². The second-order valence-corrected chi connectivity index (χ2v) is 6.50. The zero-order valence-corrected chi connectivity index (χ0v) is 16.1. The molecule has 0 aliphatic rings. The Morgan fingerprint density at radius 2 is 1.43 bits per heavy atom. The molecule has 0 aliphatic carbocycles. The van der Waals surface area contributed by atoms with E-state index in [-0.39, 0.29) is 12.6 Å². The first kappa shape index (κ1) is 19.1. The summed E-state index contributed by atoms with van der Waals surface area (Å²) in [6.07, 6.45) is 0. The number of carbonyl (C=O) groups is 1. The molecule has 1 rings (SSSR count). The second-order valence-electron chi connectivity index (χ2n) is 4.01. The van der Waals surface area contributed by atoms with E-state index in [0.29, 0.717) is 38.6 Å². The van der Waals surface area contributed by atoms with E-state index in [4.69, 9.17) is 18.9 Å². The first-order chi connectivity index (χ1) is 10.1. The molecule has 0 aromatic heterocycles. The highest BCUT2D eigenvalue weighted by atomic mass is 127. The average Bonchev–Trinajstić information content (AvgIpc) is 2.44. The van der Waals surface area contributed by atoms with Crippen molar-refractivity contribution in [3.8, 4) is 0 Å². The minimum absolute atomic E-state index is 0.235. The number of esters is 1. The van der Waals surface area contributed by atoms with E-state index in [2.05, 4.69) is 45.2 Å². The average molecular weight is 520 g/mol. The molecule has 0 aliphatic heterocycles. The maximum Gasteiger partial charge on any atom is 0.338 e. The van der Waals surface area contributed by atoms with Gasteiger partial charge in [0.05, 0.1) is 38.6 Å². The predicted octanol–water partition coefficient (Wildman–Crippen LogP) is 2.73. The van der Waals surface area contributed by atoms with Gasteiger partial charge in [0.2, 0.25) is 0 Å². The van der Waals surface area contributed by atoms with Crippen molar-refractivity contribution in [1.29, 1.82) is 0 Å². The third-order valence-corrected chi connectivity index (χ3v) is 3.61. The van der Waals surface area contributed by atoms with Crippen LogP contribution in [0.2, 0.25) is 0 Å².